The van der Waals surface area contributed by atoms with E-state index in [-0.39, 0.29) is 12.1 Å². The molecule has 0 radical (unpaired) electrons. The molecule has 29 heavy (non-hydrogen) atoms. The number of nitrogens with one attached hydrogen (secondary N) is 1. The molecule has 1 aliphatic heterocycles. The minimum atomic E-state index is -0.592. The first kappa shape index (κ1) is 17.8. The van der Waals surface area contributed by atoms with Crippen LogP contribution in [0.1, 0.15) is 57.2 Å². The number of fused-ring (bicyclic) bond motifs is 2. The van der Waals surface area contributed by atoms with E-state index in [1.54, 1.807) is 4.90 Å². The zero-order valence-corrected chi connectivity index (χ0v) is 16.1. The molecule has 1 fully saturated rings. The number of urea groups is 1. The van der Waals surface area contributed by atoms with Gasteiger partial charge in [0.15, 0.2) is 0 Å². The van der Waals surface area contributed by atoms with Crippen LogP contribution in [0.4, 0.5) is 4.79 Å². The lowest BCUT2D eigenvalue weighted by molar-refractivity contribution is 0.0996. The fourth-order valence-corrected chi connectivity index (χ4v) is 4.85. The van der Waals surface area contributed by atoms with Crippen LogP contribution in [0.5, 0.6) is 0 Å². The highest BCUT2D eigenvalue weighted by atomic mass is 16.2. The van der Waals surface area contributed by atoms with Crippen LogP contribution < -0.4 is 11.1 Å². The minimum absolute atomic E-state index is 0.0842. The van der Waals surface area contributed by atoms with Crippen molar-refractivity contribution in [2.45, 2.75) is 50.7 Å². The molecule has 7 heteroatoms. The monoisotopic (exact) mass is 389 g/mol. The third kappa shape index (κ3) is 2.96. The van der Waals surface area contributed by atoms with E-state index in [0.717, 1.165) is 31.4 Å². The van der Waals surface area contributed by atoms with E-state index in [2.05, 4.69) is 28.1 Å². The number of nitrogens with two attached hydrogens (primary N) is 1. The van der Waals surface area contributed by atoms with Crippen molar-refractivity contribution in [1.82, 2.24) is 14.8 Å². The molecule has 0 spiro atoms. The van der Waals surface area contributed by atoms with Crippen molar-refractivity contribution in [3.05, 3.63) is 57.9 Å². The fourth-order valence-electron chi connectivity index (χ4n) is 4.85. The highest BCUT2D eigenvalue weighted by Gasteiger charge is 2.38. The van der Waals surface area contributed by atoms with Gasteiger partial charge in [-0.25, -0.2) is 4.79 Å². The third-order valence-electron chi connectivity index (χ3n) is 6.33. The van der Waals surface area contributed by atoms with Crippen molar-refractivity contribution in [3.8, 4) is 6.07 Å². The summed E-state index contributed by atoms with van der Waals surface area (Å²) in [6.45, 7) is 1.43. The first-order valence-electron chi connectivity index (χ1n) is 10.1. The molecule has 3 N–H and O–H groups in total. The van der Waals surface area contributed by atoms with Gasteiger partial charge in [0.2, 0.25) is 0 Å². The molecule has 0 atom stereocenters. The molecule has 0 unspecified atom stereocenters. The van der Waals surface area contributed by atoms with E-state index in [9.17, 15) is 14.9 Å². The summed E-state index contributed by atoms with van der Waals surface area (Å²) in [7, 11) is 0. The van der Waals surface area contributed by atoms with Crippen LogP contribution in [0.2, 0.25) is 0 Å². The predicted octanol–water partition coefficient (Wildman–Crippen LogP) is 2.03. The molecule has 1 saturated carbocycles. The van der Waals surface area contributed by atoms with E-state index in [1.165, 1.54) is 11.1 Å². The Bertz CT molecular complexity index is 1030. The van der Waals surface area contributed by atoms with Gasteiger partial charge in [0.1, 0.15) is 6.07 Å². The van der Waals surface area contributed by atoms with E-state index in [0.29, 0.717) is 42.4 Å². The summed E-state index contributed by atoms with van der Waals surface area (Å²) in [5.41, 5.74) is 10.5. The van der Waals surface area contributed by atoms with Gasteiger partial charge in [-0.15, -0.1) is 0 Å². The van der Waals surface area contributed by atoms with Crippen molar-refractivity contribution in [2.75, 3.05) is 6.54 Å². The largest absolute Gasteiger partial charge is 0.366 e. The number of hydrogen-bond acceptors (Lipinski definition) is 3. The van der Waals surface area contributed by atoms with Crippen molar-refractivity contribution < 1.29 is 9.59 Å². The lowest BCUT2D eigenvalue weighted by Gasteiger charge is -2.31. The number of primary amides is 1. The average molecular weight is 389 g/mol. The maximum Gasteiger partial charge on any atom is 0.318 e. The maximum absolute atomic E-state index is 12.9. The average Bonchev–Trinajstić information content (AvgIpc) is 3.37. The summed E-state index contributed by atoms with van der Waals surface area (Å²) in [5, 5.41) is 12.8. The summed E-state index contributed by atoms with van der Waals surface area (Å²) in [5.74, 6) is -0.264. The Kier molecular flexibility index (Phi) is 4.09. The second-order valence-electron chi connectivity index (χ2n) is 8.23. The fraction of sp³-hybridized carbons (Fsp3) is 0.409. The van der Waals surface area contributed by atoms with Crippen LogP contribution in [0, 0.1) is 11.3 Å². The van der Waals surface area contributed by atoms with Gasteiger partial charge < -0.3 is 20.5 Å². The normalized spacial score (nSPS) is 18.1. The number of rotatable bonds is 3. The van der Waals surface area contributed by atoms with Crippen LogP contribution in [0.15, 0.2) is 24.3 Å². The third-order valence-corrected chi connectivity index (χ3v) is 6.33. The van der Waals surface area contributed by atoms with Crippen molar-refractivity contribution in [2.24, 2.45) is 5.73 Å². The topological polar surface area (TPSA) is 104 Å². The number of carbonyl (C=O) groups is 2. The van der Waals surface area contributed by atoms with Crippen LogP contribution >= 0.6 is 0 Å². The molecule has 0 bridgehead atoms. The lowest BCUT2D eigenvalue weighted by atomic mass is 10.1. The predicted molar refractivity (Wildman–Crippen MR) is 106 cm³/mol. The SMILES string of the molecule is N#Cc1c(C(N)=O)c2n(c1C1CC1)CCN(C(=O)NC1Cc3ccccc3C1)C2. The number of nitriles is 1. The van der Waals surface area contributed by atoms with Crippen molar-refractivity contribution >= 4 is 11.9 Å². The van der Waals surface area contributed by atoms with Crippen LogP contribution in [-0.4, -0.2) is 34.0 Å². The molecule has 2 aromatic rings. The molecule has 3 aliphatic rings. The highest BCUT2D eigenvalue weighted by molar-refractivity contribution is 5.97. The summed E-state index contributed by atoms with van der Waals surface area (Å²) in [6, 6.07) is 10.4. The van der Waals surface area contributed by atoms with Gasteiger partial charge in [-0.2, -0.15) is 5.26 Å². The second kappa shape index (κ2) is 6.66. The van der Waals surface area contributed by atoms with Gasteiger partial charge in [0.25, 0.3) is 5.91 Å². The highest BCUT2D eigenvalue weighted by Crippen LogP contribution is 2.44. The van der Waals surface area contributed by atoms with Crippen LogP contribution in [-0.2, 0) is 25.9 Å². The molecule has 0 saturated heterocycles. The molecule has 3 amide bonds. The van der Waals surface area contributed by atoms with Gasteiger partial charge in [-0.1, -0.05) is 24.3 Å². The van der Waals surface area contributed by atoms with Gasteiger partial charge in [-0.05, 0) is 36.8 Å². The Balaban J connectivity index is 1.37. The smallest absolute Gasteiger partial charge is 0.318 e. The number of hydrogen-bond donors (Lipinski definition) is 2. The van der Waals surface area contributed by atoms with Crippen LogP contribution in [0.3, 0.4) is 0 Å². The summed E-state index contributed by atoms with van der Waals surface area (Å²) >= 11 is 0. The first-order valence-corrected chi connectivity index (χ1v) is 10.1. The maximum atomic E-state index is 12.9. The molecule has 1 aromatic carbocycles. The molecule has 2 aliphatic carbocycles. The molecule has 148 valence electrons. The second-order valence-corrected chi connectivity index (χ2v) is 8.23. The van der Waals surface area contributed by atoms with Gasteiger partial charge in [-0.3, -0.25) is 4.79 Å². The Labute approximate surface area is 169 Å². The number of carbonyl (C=O) groups excluding carboxylic acids is 2. The standard InChI is InChI=1S/C22H23N5O2/c23-11-17-19(21(24)28)18-12-26(7-8-27(18)20(17)13-5-6-13)22(29)25-16-9-14-3-1-2-4-15(14)10-16/h1-4,13,16H,5-10,12H2,(H2,24,28)(H,25,29). The van der Waals surface area contributed by atoms with Gasteiger partial charge in [0.05, 0.1) is 23.4 Å². The summed E-state index contributed by atoms with van der Waals surface area (Å²) in [4.78, 5) is 26.8. The zero-order chi connectivity index (χ0) is 20.1. The number of aromatic nitrogens is 1. The number of benzene rings is 1. The van der Waals surface area contributed by atoms with Crippen LogP contribution in [0.25, 0.3) is 0 Å². The molecular formula is C22H23N5O2. The molecule has 7 nitrogen and oxygen atoms in total. The van der Waals surface area contributed by atoms with E-state index in [4.69, 9.17) is 5.73 Å². The molecule has 1 aromatic heterocycles. The minimum Gasteiger partial charge on any atom is -0.366 e. The Morgan fingerprint density at radius 2 is 1.83 bits per heavy atom. The lowest BCUT2D eigenvalue weighted by Crippen LogP contribution is -2.48. The summed E-state index contributed by atoms with van der Waals surface area (Å²) < 4.78 is 2.06. The zero-order valence-electron chi connectivity index (χ0n) is 16.1. The Morgan fingerprint density at radius 3 is 2.41 bits per heavy atom. The van der Waals surface area contributed by atoms with Crippen molar-refractivity contribution in [1.29, 1.82) is 5.26 Å². The first-order chi connectivity index (χ1) is 14.1. The molecule has 5 rings (SSSR count). The van der Waals surface area contributed by atoms with Gasteiger partial charge >= 0.3 is 6.03 Å². The van der Waals surface area contributed by atoms with E-state index in [1.807, 2.05) is 12.1 Å². The van der Waals surface area contributed by atoms with E-state index < -0.39 is 5.91 Å². The summed E-state index contributed by atoms with van der Waals surface area (Å²) in [6.07, 6.45) is 3.73. The Morgan fingerprint density at radius 1 is 1.14 bits per heavy atom. The van der Waals surface area contributed by atoms with Crippen molar-refractivity contribution in [3.63, 3.8) is 0 Å². The Hall–Kier alpha value is -3.27. The van der Waals surface area contributed by atoms with E-state index >= 15 is 0 Å². The molecule has 2 heterocycles. The van der Waals surface area contributed by atoms with Gasteiger partial charge in [0, 0.05) is 30.7 Å². The molecular weight excluding hydrogens is 366 g/mol. The number of nitrogens with zero attached hydrogens (tertiary/aromatic N) is 3. The quantitative estimate of drug-likeness (QED) is 0.839. The number of amides is 3.